The van der Waals surface area contributed by atoms with Crippen molar-refractivity contribution >= 4 is 11.8 Å². The number of nitrogens with zero attached hydrogens (tertiary/aromatic N) is 1. The smallest absolute Gasteiger partial charge is 0.0175 e. The molecule has 0 aliphatic carbocycles. The Bertz CT molecular complexity index is 93.3. The lowest BCUT2D eigenvalue weighted by atomic mass is 10.1. The summed E-state index contributed by atoms with van der Waals surface area (Å²) in [4.78, 5) is 2.44. The molecule has 0 saturated carbocycles. The van der Waals surface area contributed by atoms with Crippen LogP contribution in [0.5, 0.6) is 0 Å². The molecule has 1 saturated heterocycles. The van der Waals surface area contributed by atoms with Gasteiger partial charge in [0.2, 0.25) is 0 Å². The molecule has 1 aliphatic heterocycles. The van der Waals surface area contributed by atoms with E-state index < -0.39 is 0 Å². The van der Waals surface area contributed by atoms with Gasteiger partial charge in [-0.1, -0.05) is 6.92 Å². The van der Waals surface area contributed by atoms with Crippen molar-refractivity contribution in [2.24, 2.45) is 0 Å². The quantitative estimate of drug-likeness (QED) is 0.605. The summed E-state index contributed by atoms with van der Waals surface area (Å²) >= 11 is 2.11. The molecule has 60 valence electrons. The van der Waals surface area contributed by atoms with Crippen molar-refractivity contribution in [1.29, 1.82) is 0 Å². The average Bonchev–Trinajstić information content (AvgIpc) is 1.88. The van der Waals surface area contributed by atoms with E-state index in [1.165, 1.54) is 31.7 Å². The molecular formula is C8H17NS. The Morgan fingerprint density at radius 1 is 1.60 bits per heavy atom. The van der Waals surface area contributed by atoms with E-state index in [1.807, 2.05) is 0 Å². The minimum atomic E-state index is 0.920. The summed E-state index contributed by atoms with van der Waals surface area (Å²) in [7, 11) is 2.22. The van der Waals surface area contributed by atoms with E-state index in [1.54, 1.807) is 0 Å². The van der Waals surface area contributed by atoms with E-state index in [2.05, 4.69) is 30.6 Å². The number of piperidine rings is 1. The summed E-state index contributed by atoms with van der Waals surface area (Å²) in [5, 5.41) is 0.920. The third-order valence-corrected chi connectivity index (χ3v) is 3.17. The van der Waals surface area contributed by atoms with Crippen LogP contribution >= 0.6 is 11.8 Å². The van der Waals surface area contributed by atoms with Crippen molar-refractivity contribution in [3.63, 3.8) is 0 Å². The van der Waals surface area contributed by atoms with Gasteiger partial charge in [0, 0.05) is 11.8 Å². The van der Waals surface area contributed by atoms with Crippen LogP contribution in [0.2, 0.25) is 0 Å². The van der Waals surface area contributed by atoms with Gasteiger partial charge < -0.3 is 4.90 Å². The maximum absolute atomic E-state index is 2.44. The van der Waals surface area contributed by atoms with Crippen molar-refractivity contribution in [2.75, 3.05) is 25.9 Å². The Labute approximate surface area is 68.2 Å². The van der Waals surface area contributed by atoms with E-state index in [4.69, 9.17) is 0 Å². The van der Waals surface area contributed by atoms with Gasteiger partial charge in [-0.05, 0) is 32.2 Å². The van der Waals surface area contributed by atoms with Crippen LogP contribution in [0.4, 0.5) is 0 Å². The molecule has 0 spiro atoms. The maximum atomic E-state index is 2.44. The minimum Gasteiger partial charge on any atom is -0.305 e. The van der Waals surface area contributed by atoms with Gasteiger partial charge in [0.1, 0.15) is 0 Å². The van der Waals surface area contributed by atoms with Gasteiger partial charge in [0.15, 0.2) is 0 Å². The number of hydrogen-bond acceptors (Lipinski definition) is 2. The first-order valence-corrected chi connectivity index (χ1v) is 5.18. The van der Waals surface area contributed by atoms with Crippen molar-refractivity contribution in [3.8, 4) is 0 Å². The summed E-state index contributed by atoms with van der Waals surface area (Å²) < 4.78 is 0. The highest BCUT2D eigenvalue weighted by atomic mass is 32.2. The molecule has 0 amide bonds. The summed E-state index contributed by atoms with van der Waals surface area (Å²) in [5.41, 5.74) is 0. The molecule has 1 atom stereocenters. The fraction of sp³-hybridized carbons (Fsp3) is 1.00. The van der Waals surface area contributed by atoms with Crippen LogP contribution in [0.15, 0.2) is 0 Å². The third kappa shape index (κ3) is 2.51. The van der Waals surface area contributed by atoms with Crippen LogP contribution in [-0.4, -0.2) is 36.0 Å². The van der Waals surface area contributed by atoms with E-state index in [9.17, 15) is 0 Å². The van der Waals surface area contributed by atoms with Crippen LogP contribution in [0.1, 0.15) is 19.8 Å². The average molecular weight is 159 g/mol. The first-order chi connectivity index (χ1) is 4.83. The highest BCUT2D eigenvalue weighted by Gasteiger charge is 2.15. The molecule has 0 radical (unpaired) electrons. The molecule has 0 aromatic rings. The minimum absolute atomic E-state index is 0.920. The Hall–Kier alpha value is 0.310. The number of hydrogen-bond donors (Lipinski definition) is 0. The molecule has 1 nitrogen and oxygen atoms in total. The van der Waals surface area contributed by atoms with Crippen LogP contribution in [-0.2, 0) is 0 Å². The summed E-state index contributed by atoms with van der Waals surface area (Å²) in [6, 6.07) is 0. The first-order valence-electron chi connectivity index (χ1n) is 4.13. The zero-order valence-corrected chi connectivity index (χ0v) is 7.78. The Morgan fingerprint density at radius 3 is 3.00 bits per heavy atom. The van der Waals surface area contributed by atoms with E-state index in [0.29, 0.717) is 0 Å². The molecule has 10 heavy (non-hydrogen) atoms. The van der Waals surface area contributed by atoms with Crippen molar-refractivity contribution in [2.45, 2.75) is 25.0 Å². The second kappa shape index (κ2) is 4.24. The monoisotopic (exact) mass is 159 g/mol. The summed E-state index contributed by atoms with van der Waals surface area (Å²) in [6.45, 7) is 4.86. The zero-order valence-electron chi connectivity index (χ0n) is 6.97. The fourth-order valence-corrected chi connectivity index (χ4v) is 2.66. The topological polar surface area (TPSA) is 3.24 Å². The van der Waals surface area contributed by atoms with Crippen molar-refractivity contribution in [3.05, 3.63) is 0 Å². The Balaban J connectivity index is 2.18. The molecular weight excluding hydrogens is 142 g/mol. The predicted molar refractivity (Wildman–Crippen MR) is 48.7 cm³/mol. The van der Waals surface area contributed by atoms with Gasteiger partial charge in [-0.3, -0.25) is 0 Å². The fourth-order valence-electron chi connectivity index (χ4n) is 1.49. The molecule has 0 N–H and O–H groups in total. The van der Waals surface area contributed by atoms with Crippen molar-refractivity contribution in [1.82, 2.24) is 4.90 Å². The first kappa shape index (κ1) is 8.41. The van der Waals surface area contributed by atoms with Crippen LogP contribution in [0.25, 0.3) is 0 Å². The van der Waals surface area contributed by atoms with Gasteiger partial charge in [-0.15, -0.1) is 0 Å². The second-order valence-electron chi connectivity index (χ2n) is 2.98. The third-order valence-electron chi connectivity index (χ3n) is 1.98. The molecule has 0 aromatic carbocycles. The van der Waals surface area contributed by atoms with Gasteiger partial charge in [-0.2, -0.15) is 11.8 Å². The highest BCUT2D eigenvalue weighted by molar-refractivity contribution is 7.99. The molecule has 0 bridgehead atoms. The SMILES string of the molecule is CCSC1CCCN(C)C1. The number of likely N-dealkylation sites (tertiary alicyclic amines) is 1. The van der Waals surface area contributed by atoms with Gasteiger partial charge in [0.05, 0.1) is 0 Å². The largest absolute Gasteiger partial charge is 0.305 e. The maximum Gasteiger partial charge on any atom is 0.0175 e. The highest BCUT2D eigenvalue weighted by Crippen LogP contribution is 2.20. The summed E-state index contributed by atoms with van der Waals surface area (Å²) in [6.07, 6.45) is 2.83. The summed E-state index contributed by atoms with van der Waals surface area (Å²) in [5.74, 6) is 1.28. The molecule has 0 aromatic heterocycles. The lowest BCUT2D eigenvalue weighted by Crippen LogP contribution is -2.33. The molecule has 1 aliphatic rings. The Kier molecular flexibility index (Phi) is 3.57. The van der Waals surface area contributed by atoms with Crippen LogP contribution in [0, 0.1) is 0 Å². The number of rotatable bonds is 2. The van der Waals surface area contributed by atoms with E-state index in [-0.39, 0.29) is 0 Å². The van der Waals surface area contributed by atoms with E-state index in [0.717, 1.165) is 5.25 Å². The predicted octanol–water partition coefficient (Wildman–Crippen LogP) is 1.83. The molecule has 1 fully saturated rings. The Morgan fingerprint density at radius 2 is 2.40 bits per heavy atom. The lowest BCUT2D eigenvalue weighted by molar-refractivity contribution is 0.283. The zero-order chi connectivity index (χ0) is 7.40. The van der Waals surface area contributed by atoms with Crippen LogP contribution < -0.4 is 0 Å². The van der Waals surface area contributed by atoms with Gasteiger partial charge >= 0.3 is 0 Å². The molecule has 1 rings (SSSR count). The number of thioether (sulfide) groups is 1. The lowest BCUT2D eigenvalue weighted by Gasteiger charge is -2.28. The van der Waals surface area contributed by atoms with Gasteiger partial charge in [-0.25, -0.2) is 0 Å². The normalized spacial score (nSPS) is 28.8. The molecule has 1 unspecified atom stereocenters. The van der Waals surface area contributed by atoms with E-state index >= 15 is 0 Å². The molecule has 2 heteroatoms. The van der Waals surface area contributed by atoms with Crippen molar-refractivity contribution < 1.29 is 0 Å². The standard InChI is InChI=1S/C8H17NS/c1-3-10-8-5-4-6-9(2)7-8/h8H,3-7H2,1-2H3. The second-order valence-corrected chi connectivity index (χ2v) is 4.56. The van der Waals surface area contributed by atoms with Crippen LogP contribution in [0.3, 0.4) is 0 Å². The van der Waals surface area contributed by atoms with Gasteiger partial charge in [0.25, 0.3) is 0 Å². The molecule has 1 heterocycles.